The van der Waals surface area contributed by atoms with E-state index in [1.165, 1.54) is 0 Å². The molecule has 1 N–H and O–H groups in total. The predicted octanol–water partition coefficient (Wildman–Crippen LogP) is 5.63. The van der Waals surface area contributed by atoms with Gasteiger partial charge in [0.1, 0.15) is 17.0 Å². The Morgan fingerprint density at radius 3 is 2.46 bits per heavy atom. The monoisotopic (exact) mass is 410 g/mol. The molecule has 0 saturated heterocycles. The second kappa shape index (κ2) is 7.67. The summed E-state index contributed by atoms with van der Waals surface area (Å²) >= 11 is 4.16. The van der Waals surface area contributed by atoms with Crippen LogP contribution in [-0.4, -0.2) is 18.7 Å². The fraction of sp³-hybridized carbons (Fsp3) is 0.0476. The average Bonchev–Trinajstić information content (AvgIpc) is 2.70. The zero-order valence-corrected chi connectivity index (χ0v) is 16.4. The van der Waals surface area contributed by atoms with Crippen LogP contribution < -0.4 is 4.74 Å². The van der Waals surface area contributed by atoms with Crippen molar-refractivity contribution in [2.75, 3.05) is 0 Å². The quantitative estimate of drug-likeness (QED) is 0.441. The van der Waals surface area contributed by atoms with Gasteiger partial charge < -0.3 is 9.29 Å². The zero-order chi connectivity index (χ0) is 19.7. The number of rotatable bonds is 4. The molecule has 7 heteroatoms. The van der Waals surface area contributed by atoms with Gasteiger partial charge in [-0.3, -0.25) is 0 Å². The summed E-state index contributed by atoms with van der Waals surface area (Å²) in [4.78, 5) is 9.36. The second-order valence-corrected chi connectivity index (χ2v) is 7.50. The first-order chi connectivity index (χ1) is 13.5. The van der Waals surface area contributed by atoms with Gasteiger partial charge in [0.05, 0.1) is 15.4 Å². The summed E-state index contributed by atoms with van der Waals surface area (Å²) in [7, 11) is 0. The summed E-state index contributed by atoms with van der Waals surface area (Å²) in [6.07, 6.45) is 0. The summed E-state index contributed by atoms with van der Waals surface area (Å²) in [6.45, 7) is 1.82. The topological polar surface area (TPSA) is 72.3 Å². The number of benzene rings is 3. The molecule has 0 aliphatic rings. The molecule has 1 atom stereocenters. The molecule has 140 valence electrons. The van der Waals surface area contributed by atoms with E-state index in [-0.39, 0.29) is 0 Å². The third kappa shape index (κ3) is 3.75. The number of fused-ring (bicyclic) bond motifs is 1. The second-order valence-electron chi connectivity index (χ2n) is 6.13. The maximum atomic E-state index is 11.3. The number of hydrogen-bond acceptors (Lipinski definition) is 4. The van der Waals surface area contributed by atoms with E-state index in [9.17, 15) is 8.76 Å². The highest BCUT2D eigenvalue weighted by molar-refractivity contribution is 7.79. The Balaban J connectivity index is 1.62. The Morgan fingerprint density at radius 1 is 0.964 bits per heavy atom. The van der Waals surface area contributed by atoms with Crippen molar-refractivity contribution in [2.45, 2.75) is 11.8 Å². The molecule has 0 saturated carbocycles. The molecule has 0 fully saturated rings. The van der Waals surface area contributed by atoms with E-state index in [4.69, 9.17) is 16.3 Å². The van der Waals surface area contributed by atoms with Gasteiger partial charge in [0.2, 0.25) is 5.88 Å². The standard InChI is InChI=1S/C21H15ClN2O3S/c1-13-21(24-19-7-3-6-18(22)20(19)23-13)27-16-10-8-14(9-11-16)15-4-2-5-17(12-15)28(25)26/h2-12H,1H3,(H,25,26). The molecule has 5 nitrogen and oxygen atoms in total. The van der Waals surface area contributed by atoms with Crippen LogP contribution in [0, 0.1) is 6.92 Å². The minimum Gasteiger partial charge on any atom is -0.437 e. The third-order valence-corrected chi connectivity index (χ3v) is 5.18. The van der Waals surface area contributed by atoms with E-state index >= 15 is 0 Å². The van der Waals surface area contributed by atoms with E-state index in [1.54, 1.807) is 24.3 Å². The molecule has 0 aliphatic carbocycles. The lowest BCUT2D eigenvalue weighted by Gasteiger charge is -2.10. The highest BCUT2D eigenvalue weighted by Gasteiger charge is 2.10. The highest BCUT2D eigenvalue weighted by Crippen LogP contribution is 2.29. The van der Waals surface area contributed by atoms with Crippen LogP contribution in [0.2, 0.25) is 5.02 Å². The Bertz CT molecular complexity index is 1200. The predicted molar refractivity (Wildman–Crippen MR) is 110 cm³/mol. The number of para-hydroxylation sites is 1. The Morgan fingerprint density at radius 2 is 1.71 bits per heavy atom. The molecule has 0 spiro atoms. The van der Waals surface area contributed by atoms with E-state index in [0.29, 0.717) is 38.3 Å². The fourth-order valence-electron chi connectivity index (χ4n) is 2.82. The van der Waals surface area contributed by atoms with E-state index in [1.807, 2.05) is 49.4 Å². The van der Waals surface area contributed by atoms with Crippen LogP contribution in [0.5, 0.6) is 11.6 Å². The normalized spacial score (nSPS) is 12.1. The van der Waals surface area contributed by atoms with Crippen molar-refractivity contribution in [3.63, 3.8) is 0 Å². The van der Waals surface area contributed by atoms with Crippen LogP contribution in [0.15, 0.2) is 71.6 Å². The number of aromatic nitrogens is 2. The van der Waals surface area contributed by atoms with Crippen molar-refractivity contribution < 1.29 is 13.5 Å². The van der Waals surface area contributed by atoms with Crippen LogP contribution in [-0.2, 0) is 11.1 Å². The van der Waals surface area contributed by atoms with Gasteiger partial charge in [0, 0.05) is 0 Å². The number of ether oxygens (including phenoxy) is 1. The average molecular weight is 411 g/mol. The molecule has 28 heavy (non-hydrogen) atoms. The SMILES string of the molecule is Cc1nc2c(Cl)cccc2nc1Oc1ccc(-c2cccc(S(=O)O)c2)cc1. The van der Waals surface area contributed by atoms with Crippen LogP contribution >= 0.6 is 11.6 Å². The van der Waals surface area contributed by atoms with Crippen molar-refractivity contribution >= 4 is 33.7 Å². The van der Waals surface area contributed by atoms with Gasteiger partial charge in [-0.1, -0.05) is 41.9 Å². The molecule has 1 aromatic heterocycles. The molecule has 1 heterocycles. The summed E-state index contributed by atoms with van der Waals surface area (Å²) in [6, 6.07) is 19.8. The van der Waals surface area contributed by atoms with Crippen molar-refractivity contribution in [3.8, 4) is 22.8 Å². The Hall–Kier alpha value is -2.80. The maximum absolute atomic E-state index is 11.3. The fourth-order valence-corrected chi connectivity index (χ4v) is 3.45. The van der Waals surface area contributed by atoms with E-state index in [2.05, 4.69) is 9.97 Å². The van der Waals surface area contributed by atoms with E-state index < -0.39 is 11.1 Å². The summed E-state index contributed by atoms with van der Waals surface area (Å²) in [5.74, 6) is 1.03. The summed E-state index contributed by atoms with van der Waals surface area (Å²) in [5, 5.41) is 0.551. The lowest BCUT2D eigenvalue weighted by molar-refractivity contribution is 0.458. The number of nitrogens with zero attached hydrogens (tertiary/aromatic N) is 2. The first-order valence-corrected chi connectivity index (χ1v) is 9.92. The lowest BCUT2D eigenvalue weighted by Crippen LogP contribution is -1.96. The van der Waals surface area contributed by atoms with Gasteiger partial charge in [0.25, 0.3) is 0 Å². The molecule has 0 radical (unpaired) electrons. The van der Waals surface area contributed by atoms with Gasteiger partial charge in [-0.25, -0.2) is 14.2 Å². The molecule has 4 rings (SSSR count). The summed E-state index contributed by atoms with van der Waals surface area (Å²) < 4.78 is 26.4. The van der Waals surface area contributed by atoms with Crippen molar-refractivity contribution in [2.24, 2.45) is 0 Å². The smallest absolute Gasteiger partial charge is 0.241 e. The minimum atomic E-state index is -2.01. The van der Waals surface area contributed by atoms with Gasteiger partial charge in [-0.15, -0.1) is 0 Å². The molecule has 1 unspecified atom stereocenters. The number of halogens is 1. The Labute approximate surface area is 169 Å². The van der Waals surface area contributed by atoms with Crippen molar-refractivity contribution in [1.82, 2.24) is 9.97 Å². The molecule has 4 aromatic rings. The minimum absolute atomic E-state index is 0.360. The van der Waals surface area contributed by atoms with Crippen LogP contribution in [0.1, 0.15) is 5.69 Å². The molecular formula is C21H15ClN2O3S. The van der Waals surface area contributed by atoms with Crippen LogP contribution in [0.25, 0.3) is 22.2 Å². The Kier molecular flexibility index (Phi) is 5.09. The van der Waals surface area contributed by atoms with E-state index in [0.717, 1.165) is 11.1 Å². The largest absolute Gasteiger partial charge is 0.437 e. The molecule has 3 aromatic carbocycles. The van der Waals surface area contributed by atoms with Gasteiger partial charge >= 0.3 is 0 Å². The first kappa shape index (κ1) is 18.6. The molecular weight excluding hydrogens is 396 g/mol. The van der Waals surface area contributed by atoms with Crippen LogP contribution in [0.4, 0.5) is 0 Å². The van der Waals surface area contributed by atoms with Gasteiger partial charge in [0.15, 0.2) is 11.1 Å². The van der Waals surface area contributed by atoms with Crippen molar-refractivity contribution in [3.05, 3.63) is 77.4 Å². The third-order valence-electron chi connectivity index (χ3n) is 4.21. The van der Waals surface area contributed by atoms with Crippen LogP contribution in [0.3, 0.4) is 0 Å². The lowest BCUT2D eigenvalue weighted by atomic mass is 10.1. The maximum Gasteiger partial charge on any atom is 0.241 e. The highest BCUT2D eigenvalue weighted by atomic mass is 35.5. The van der Waals surface area contributed by atoms with Crippen molar-refractivity contribution in [1.29, 1.82) is 0 Å². The molecule has 0 bridgehead atoms. The zero-order valence-electron chi connectivity index (χ0n) is 14.8. The summed E-state index contributed by atoms with van der Waals surface area (Å²) in [5.41, 5.74) is 3.71. The van der Waals surface area contributed by atoms with Gasteiger partial charge in [-0.2, -0.15) is 0 Å². The molecule has 0 amide bonds. The van der Waals surface area contributed by atoms with Gasteiger partial charge in [-0.05, 0) is 54.4 Å². The number of aryl methyl sites for hydroxylation is 1. The molecule has 0 aliphatic heterocycles. The number of hydrogen-bond donors (Lipinski definition) is 1. The first-order valence-electron chi connectivity index (χ1n) is 8.43.